The number of amides is 1. The Balaban J connectivity index is 1.93. The van der Waals surface area contributed by atoms with E-state index in [9.17, 15) is 15.0 Å². The third-order valence-electron chi connectivity index (χ3n) is 3.27. The van der Waals surface area contributed by atoms with Crippen LogP contribution in [0.3, 0.4) is 0 Å². The first-order valence-corrected chi connectivity index (χ1v) is 6.80. The molecular formula is C13H16BrNO3. The van der Waals surface area contributed by atoms with Crippen LogP contribution in [0.2, 0.25) is 0 Å². The van der Waals surface area contributed by atoms with E-state index < -0.39 is 0 Å². The predicted molar refractivity (Wildman–Crippen MR) is 71.5 cm³/mol. The number of carbonyl (C=O) groups is 1. The summed E-state index contributed by atoms with van der Waals surface area (Å²) in [6.07, 6.45) is 2.26. The molecule has 5 heteroatoms. The first kappa shape index (κ1) is 13.4. The molecule has 4 nitrogen and oxygen atoms in total. The zero-order valence-electron chi connectivity index (χ0n) is 9.90. The molecule has 1 amide bonds. The van der Waals surface area contributed by atoms with E-state index in [0.717, 1.165) is 23.7 Å². The Morgan fingerprint density at radius 1 is 1.44 bits per heavy atom. The predicted octanol–water partition coefficient (Wildman–Crippen LogP) is 2.05. The SMILES string of the molecule is O=C(NCC1CCC(O)C1)c1cc(Br)ccc1O. The summed E-state index contributed by atoms with van der Waals surface area (Å²) in [6.45, 7) is 0.543. The maximum Gasteiger partial charge on any atom is 0.255 e. The highest BCUT2D eigenvalue weighted by Crippen LogP contribution is 2.25. The number of aromatic hydroxyl groups is 1. The summed E-state index contributed by atoms with van der Waals surface area (Å²) in [5.74, 6) is 0.0237. The highest BCUT2D eigenvalue weighted by molar-refractivity contribution is 9.10. The molecule has 0 bridgehead atoms. The number of aliphatic hydroxyl groups is 1. The molecule has 0 spiro atoms. The van der Waals surface area contributed by atoms with Crippen molar-refractivity contribution >= 4 is 21.8 Å². The molecule has 98 valence electrons. The van der Waals surface area contributed by atoms with Gasteiger partial charge in [0.1, 0.15) is 5.75 Å². The minimum atomic E-state index is -0.282. The summed E-state index contributed by atoms with van der Waals surface area (Å²) in [7, 11) is 0. The van der Waals surface area contributed by atoms with Crippen LogP contribution in [0.25, 0.3) is 0 Å². The maximum absolute atomic E-state index is 11.9. The summed E-state index contributed by atoms with van der Waals surface area (Å²) in [5, 5.41) is 21.8. The topological polar surface area (TPSA) is 69.6 Å². The first-order chi connectivity index (χ1) is 8.56. The molecule has 2 unspecified atom stereocenters. The average molecular weight is 314 g/mol. The average Bonchev–Trinajstić information content (AvgIpc) is 2.75. The molecule has 3 N–H and O–H groups in total. The number of phenols is 1. The Morgan fingerprint density at radius 2 is 2.22 bits per heavy atom. The quantitative estimate of drug-likeness (QED) is 0.800. The molecule has 0 aliphatic heterocycles. The standard InChI is InChI=1S/C13H16BrNO3/c14-9-2-4-12(17)11(6-9)13(18)15-7-8-1-3-10(16)5-8/h2,4,6,8,10,16-17H,1,3,5,7H2,(H,15,18). The number of rotatable bonds is 3. The third-order valence-corrected chi connectivity index (χ3v) is 3.76. The Morgan fingerprint density at radius 3 is 2.89 bits per heavy atom. The Bertz CT molecular complexity index is 450. The van der Waals surface area contributed by atoms with Gasteiger partial charge in [0, 0.05) is 11.0 Å². The van der Waals surface area contributed by atoms with Gasteiger partial charge in [0.2, 0.25) is 0 Å². The van der Waals surface area contributed by atoms with Gasteiger partial charge in [0.15, 0.2) is 0 Å². The van der Waals surface area contributed by atoms with Crippen molar-refractivity contribution in [1.29, 1.82) is 0 Å². The van der Waals surface area contributed by atoms with E-state index in [1.807, 2.05) is 0 Å². The van der Waals surface area contributed by atoms with Crippen LogP contribution in [0.15, 0.2) is 22.7 Å². The van der Waals surface area contributed by atoms with E-state index in [1.54, 1.807) is 12.1 Å². The van der Waals surface area contributed by atoms with Crippen molar-refractivity contribution in [1.82, 2.24) is 5.32 Å². The number of hydrogen-bond donors (Lipinski definition) is 3. The molecule has 1 aromatic carbocycles. The fraction of sp³-hybridized carbons (Fsp3) is 0.462. The molecule has 0 heterocycles. The summed E-state index contributed by atoms with van der Waals surface area (Å²) in [4.78, 5) is 11.9. The van der Waals surface area contributed by atoms with Gasteiger partial charge in [0.25, 0.3) is 5.91 Å². The van der Waals surface area contributed by atoms with Crippen LogP contribution < -0.4 is 5.32 Å². The number of phenolic OH excluding ortho intramolecular Hbond substituents is 1. The second kappa shape index (κ2) is 5.71. The molecule has 0 aromatic heterocycles. The summed E-state index contributed by atoms with van der Waals surface area (Å²) >= 11 is 3.27. The van der Waals surface area contributed by atoms with Gasteiger partial charge in [-0.2, -0.15) is 0 Å². The van der Waals surface area contributed by atoms with Crippen LogP contribution in [-0.4, -0.2) is 28.8 Å². The van der Waals surface area contributed by atoms with Gasteiger partial charge in [-0.05, 0) is 43.4 Å². The van der Waals surface area contributed by atoms with Crippen LogP contribution in [0.4, 0.5) is 0 Å². The molecule has 2 rings (SSSR count). The van der Waals surface area contributed by atoms with Gasteiger partial charge in [-0.25, -0.2) is 0 Å². The first-order valence-electron chi connectivity index (χ1n) is 6.01. The largest absolute Gasteiger partial charge is 0.507 e. The van der Waals surface area contributed by atoms with Crippen molar-refractivity contribution in [3.05, 3.63) is 28.2 Å². The van der Waals surface area contributed by atoms with E-state index >= 15 is 0 Å². The number of aliphatic hydroxyl groups excluding tert-OH is 1. The van der Waals surface area contributed by atoms with Crippen molar-refractivity contribution < 1.29 is 15.0 Å². The van der Waals surface area contributed by atoms with Crippen LogP contribution in [-0.2, 0) is 0 Å². The normalized spacial score (nSPS) is 23.0. The van der Waals surface area contributed by atoms with Crippen LogP contribution >= 0.6 is 15.9 Å². The van der Waals surface area contributed by atoms with E-state index in [4.69, 9.17) is 0 Å². The lowest BCUT2D eigenvalue weighted by atomic mass is 10.1. The smallest absolute Gasteiger partial charge is 0.255 e. The Labute approximate surface area is 114 Å². The van der Waals surface area contributed by atoms with E-state index in [-0.39, 0.29) is 23.3 Å². The summed E-state index contributed by atoms with van der Waals surface area (Å²) in [6, 6.07) is 4.76. The molecule has 1 aromatic rings. The van der Waals surface area contributed by atoms with E-state index in [0.29, 0.717) is 12.5 Å². The zero-order valence-corrected chi connectivity index (χ0v) is 11.5. The molecule has 1 aliphatic carbocycles. The molecule has 1 fully saturated rings. The van der Waals surface area contributed by atoms with E-state index in [1.165, 1.54) is 6.07 Å². The highest BCUT2D eigenvalue weighted by Gasteiger charge is 2.23. The van der Waals surface area contributed by atoms with Crippen LogP contribution in [0, 0.1) is 5.92 Å². The molecule has 2 atom stereocenters. The van der Waals surface area contributed by atoms with Crippen molar-refractivity contribution in [2.75, 3.05) is 6.54 Å². The lowest BCUT2D eigenvalue weighted by molar-refractivity contribution is 0.0942. The number of halogens is 1. The van der Waals surface area contributed by atoms with Gasteiger partial charge >= 0.3 is 0 Å². The number of hydrogen-bond acceptors (Lipinski definition) is 3. The number of nitrogens with one attached hydrogen (secondary N) is 1. The third kappa shape index (κ3) is 3.23. The van der Waals surface area contributed by atoms with Crippen molar-refractivity contribution in [3.63, 3.8) is 0 Å². The molecular weight excluding hydrogens is 298 g/mol. The molecule has 18 heavy (non-hydrogen) atoms. The number of carbonyl (C=O) groups excluding carboxylic acids is 1. The minimum Gasteiger partial charge on any atom is -0.507 e. The monoisotopic (exact) mass is 313 g/mol. The Hall–Kier alpha value is -1.07. The van der Waals surface area contributed by atoms with Crippen molar-refractivity contribution in [3.8, 4) is 5.75 Å². The van der Waals surface area contributed by atoms with Crippen LogP contribution in [0.1, 0.15) is 29.6 Å². The summed E-state index contributed by atoms with van der Waals surface area (Å²) < 4.78 is 0.752. The van der Waals surface area contributed by atoms with Gasteiger partial charge in [-0.3, -0.25) is 4.79 Å². The van der Waals surface area contributed by atoms with Gasteiger partial charge in [-0.15, -0.1) is 0 Å². The zero-order chi connectivity index (χ0) is 13.1. The van der Waals surface area contributed by atoms with Gasteiger partial charge in [0.05, 0.1) is 11.7 Å². The second-order valence-electron chi connectivity index (χ2n) is 4.70. The van der Waals surface area contributed by atoms with Gasteiger partial charge < -0.3 is 15.5 Å². The summed E-state index contributed by atoms with van der Waals surface area (Å²) in [5.41, 5.74) is 0.267. The maximum atomic E-state index is 11.9. The van der Waals surface area contributed by atoms with Crippen molar-refractivity contribution in [2.45, 2.75) is 25.4 Å². The fourth-order valence-electron chi connectivity index (χ4n) is 2.26. The lowest BCUT2D eigenvalue weighted by Crippen LogP contribution is -2.28. The van der Waals surface area contributed by atoms with Crippen LogP contribution in [0.5, 0.6) is 5.75 Å². The highest BCUT2D eigenvalue weighted by atomic mass is 79.9. The van der Waals surface area contributed by atoms with Gasteiger partial charge in [-0.1, -0.05) is 15.9 Å². The molecule has 1 saturated carbocycles. The Kier molecular flexibility index (Phi) is 4.24. The number of benzene rings is 1. The lowest BCUT2D eigenvalue weighted by Gasteiger charge is -2.11. The molecule has 1 aliphatic rings. The fourth-order valence-corrected chi connectivity index (χ4v) is 2.62. The van der Waals surface area contributed by atoms with E-state index in [2.05, 4.69) is 21.2 Å². The molecule has 0 radical (unpaired) electrons. The molecule has 0 saturated heterocycles. The minimum absolute atomic E-state index is 0.0258. The van der Waals surface area contributed by atoms with Crippen molar-refractivity contribution in [2.24, 2.45) is 5.92 Å². The second-order valence-corrected chi connectivity index (χ2v) is 5.62.